The van der Waals surface area contributed by atoms with Gasteiger partial charge < -0.3 is 5.11 Å². The lowest BCUT2D eigenvalue weighted by atomic mass is 10.1. The molecule has 7 nitrogen and oxygen atoms in total. The van der Waals surface area contributed by atoms with Crippen molar-refractivity contribution in [3.05, 3.63) is 40.4 Å². The molecule has 3 aromatic heterocycles. The smallest absolute Gasteiger partial charge is 0.278 e. The summed E-state index contributed by atoms with van der Waals surface area (Å²) in [5.74, 6) is 0.547. The number of pyridine rings is 1. The Balaban J connectivity index is 2.34. The Hall–Kier alpha value is -2.19. The zero-order chi connectivity index (χ0) is 18.2. The van der Waals surface area contributed by atoms with Gasteiger partial charge in [0.15, 0.2) is 16.6 Å². The molecule has 0 radical (unpaired) electrons. The van der Waals surface area contributed by atoms with Crippen LogP contribution in [0.4, 0.5) is 0 Å². The molecular formula is C17H21N5O2S. The van der Waals surface area contributed by atoms with Crippen molar-refractivity contribution in [3.8, 4) is 5.82 Å². The molecule has 0 aromatic carbocycles. The van der Waals surface area contributed by atoms with Crippen molar-refractivity contribution in [1.29, 1.82) is 0 Å². The van der Waals surface area contributed by atoms with Crippen molar-refractivity contribution >= 4 is 22.8 Å². The van der Waals surface area contributed by atoms with Crippen LogP contribution in [0.1, 0.15) is 32.9 Å². The van der Waals surface area contributed by atoms with Gasteiger partial charge >= 0.3 is 0 Å². The third kappa shape index (κ3) is 3.19. The van der Waals surface area contributed by atoms with Crippen molar-refractivity contribution in [2.75, 3.05) is 6.26 Å². The minimum atomic E-state index is -1.08. The SMILES string of the molecule is CCCn1c(=O)c2cnc(SC)nc2n1-c1cccc(C(C)(C)O)n1. The number of aliphatic hydroxyl groups is 1. The van der Waals surface area contributed by atoms with E-state index in [2.05, 4.69) is 15.0 Å². The van der Waals surface area contributed by atoms with Crippen LogP contribution in [0, 0.1) is 0 Å². The summed E-state index contributed by atoms with van der Waals surface area (Å²) in [6, 6.07) is 5.39. The predicted molar refractivity (Wildman–Crippen MR) is 98.2 cm³/mol. The van der Waals surface area contributed by atoms with Crippen LogP contribution in [-0.2, 0) is 12.1 Å². The minimum Gasteiger partial charge on any atom is -0.384 e. The number of thioether (sulfide) groups is 1. The highest BCUT2D eigenvalue weighted by Crippen LogP contribution is 2.21. The van der Waals surface area contributed by atoms with Gasteiger partial charge in [-0.05, 0) is 38.7 Å². The molecule has 0 spiro atoms. The Bertz CT molecular complexity index is 971. The van der Waals surface area contributed by atoms with E-state index in [1.807, 2.05) is 19.2 Å². The number of hydrogen-bond donors (Lipinski definition) is 1. The predicted octanol–water partition coefficient (Wildman–Crippen LogP) is 2.34. The Morgan fingerprint density at radius 1 is 1.28 bits per heavy atom. The molecule has 1 N–H and O–H groups in total. The van der Waals surface area contributed by atoms with Crippen molar-refractivity contribution in [2.45, 2.75) is 44.5 Å². The fourth-order valence-electron chi connectivity index (χ4n) is 2.64. The molecule has 0 aliphatic carbocycles. The molecule has 3 aromatic rings. The van der Waals surface area contributed by atoms with Gasteiger partial charge in [-0.3, -0.25) is 4.79 Å². The van der Waals surface area contributed by atoms with Crippen LogP contribution < -0.4 is 5.56 Å². The molecule has 0 aliphatic heterocycles. The Labute approximate surface area is 149 Å². The molecule has 0 unspecified atom stereocenters. The summed E-state index contributed by atoms with van der Waals surface area (Å²) in [5, 5.41) is 11.3. The van der Waals surface area contributed by atoms with Crippen LogP contribution in [0.15, 0.2) is 34.3 Å². The van der Waals surface area contributed by atoms with Gasteiger partial charge in [0.05, 0.1) is 5.69 Å². The van der Waals surface area contributed by atoms with Gasteiger partial charge in [-0.2, -0.15) is 0 Å². The van der Waals surface area contributed by atoms with E-state index in [4.69, 9.17) is 0 Å². The lowest BCUT2D eigenvalue weighted by molar-refractivity contribution is 0.0738. The largest absolute Gasteiger partial charge is 0.384 e. The highest BCUT2D eigenvalue weighted by molar-refractivity contribution is 7.98. The molecular weight excluding hydrogens is 338 g/mol. The maximum atomic E-state index is 12.8. The number of fused-ring (bicyclic) bond motifs is 1. The molecule has 0 aliphatic rings. The summed E-state index contributed by atoms with van der Waals surface area (Å²) in [7, 11) is 0. The fourth-order valence-corrected chi connectivity index (χ4v) is 2.98. The van der Waals surface area contributed by atoms with E-state index >= 15 is 0 Å². The first-order valence-corrected chi connectivity index (χ1v) is 9.32. The maximum absolute atomic E-state index is 12.8. The van der Waals surface area contributed by atoms with E-state index in [9.17, 15) is 9.90 Å². The molecule has 132 valence electrons. The molecule has 3 rings (SSSR count). The Kier molecular flexibility index (Phi) is 4.66. The van der Waals surface area contributed by atoms with Gasteiger partial charge in [0.1, 0.15) is 11.0 Å². The van der Waals surface area contributed by atoms with Crippen LogP contribution in [-0.4, -0.2) is 35.7 Å². The van der Waals surface area contributed by atoms with Gasteiger partial charge in [-0.25, -0.2) is 24.3 Å². The van der Waals surface area contributed by atoms with Crippen LogP contribution >= 0.6 is 11.8 Å². The highest BCUT2D eigenvalue weighted by Gasteiger charge is 2.21. The second-order valence-corrected chi connectivity index (χ2v) is 7.05. The fraction of sp³-hybridized carbons (Fsp3) is 0.412. The first-order chi connectivity index (χ1) is 11.9. The van der Waals surface area contributed by atoms with Gasteiger partial charge in [0.2, 0.25) is 0 Å². The average Bonchev–Trinajstić information content (AvgIpc) is 2.86. The normalized spacial score (nSPS) is 12.0. The summed E-state index contributed by atoms with van der Waals surface area (Å²) in [4.78, 5) is 26.1. The maximum Gasteiger partial charge on any atom is 0.278 e. The van der Waals surface area contributed by atoms with Crippen molar-refractivity contribution < 1.29 is 5.11 Å². The third-order valence-corrected chi connectivity index (χ3v) is 4.41. The molecule has 0 saturated carbocycles. The molecule has 0 saturated heterocycles. The third-order valence-electron chi connectivity index (χ3n) is 3.85. The number of nitrogens with zero attached hydrogens (tertiary/aromatic N) is 5. The standard InChI is InChI=1S/C17H21N5O2S/c1-5-9-21-15(23)11-10-18-16(25-4)20-14(11)22(21)13-8-6-7-12(19-13)17(2,3)24/h6-8,10,24H,5,9H2,1-4H3. The Morgan fingerprint density at radius 2 is 2.04 bits per heavy atom. The van der Waals surface area contributed by atoms with E-state index in [0.29, 0.717) is 34.2 Å². The number of hydrogen-bond acceptors (Lipinski definition) is 6. The summed E-state index contributed by atoms with van der Waals surface area (Å²) < 4.78 is 3.34. The number of rotatable bonds is 5. The molecule has 0 bridgehead atoms. The molecule has 3 heterocycles. The average molecular weight is 359 g/mol. The quantitative estimate of drug-likeness (QED) is 0.556. The first-order valence-electron chi connectivity index (χ1n) is 8.09. The van der Waals surface area contributed by atoms with Crippen LogP contribution in [0.2, 0.25) is 0 Å². The second-order valence-electron chi connectivity index (χ2n) is 6.27. The van der Waals surface area contributed by atoms with Gasteiger partial charge in [0, 0.05) is 12.7 Å². The topological polar surface area (TPSA) is 85.8 Å². The lowest BCUT2D eigenvalue weighted by Crippen LogP contribution is -2.24. The van der Waals surface area contributed by atoms with E-state index < -0.39 is 5.60 Å². The highest BCUT2D eigenvalue weighted by atomic mass is 32.2. The van der Waals surface area contributed by atoms with Crippen LogP contribution in [0.25, 0.3) is 16.9 Å². The summed E-state index contributed by atoms with van der Waals surface area (Å²) in [5.41, 5.74) is -0.159. The van der Waals surface area contributed by atoms with Crippen LogP contribution in [0.3, 0.4) is 0 Å². The molecule has 0 atom stereocenters. The van der Waals surface area contributed by atoms with E-state index in [1.165, 1.54) is 11.8 Å². The summed E-state index contributed by atoms with van der Waals surface area (Å²) in [6.07, 6.45) is 4.25. The Morgan fingerprint density at radius 3 is 2.68 bits per heavy atom. The minimum absolute atomic E-state index is 0.139. The van der Waals surface area contributed by atoms with E-state index in [0.717, 1.165) is 6.42 Å². The van der Waals surface area contributed by atoms with E-state index in [1.54, 1.807) is 41.5 Å². The molecule has 25 heavy (non-hydrogen) atoms. The summed E-state index contributed by atoms with van der Waals surface area (Å²) in [6.45, 7) is 5.91. The molecule has 0 fully saturated rings. The van der Waals surface area contributed by atoms with Crippen molar-refractivity contribution in [3.63, 3.8) is 0 Å². The van der Waals surface area contributed by atoms with Crippen LogP contribution in [0.5, 0.6) is 0 Å². The van der Waals surface area contributed by atoms with Gasteiger partial charge in [-0.15, -0.1) is 0 Å². The summed E-state index contributed by atoms with van der Waals surface area (Å²) >= 11 is 1.42. The molecule has 8 heteroatoms. The monoisotopic (exact) mass is 359 g/mol. The second kappa shape index (κ2) is 6.61. The molecule has 0 amide bonds. The zero-order valence-corrected chi connectivity index (χ0v) is 15.5. The first kappa shape index (κ1) is 17.6. The van der Waals surface area contributed by atoms with Crippen molar-refractivity contribution in [2.24, 2.45) is 0 Å². The zero-order valence-electron chi connectivity index (χ0n) is 14.7. The number of aromatic nitrogens is 5. The lowest BCUT2D eigenvalue weighted by Gasteiger charge is -2.18. The van der Waals surface area contributed by atoms with E-state index in [-0.39, 0.29) is 5.56 Å². The van der Waals surface area contributed by atoms with Gasteiger partial charge in [0.25, 0.3) is 5.56 Å². The van der Waals surface area contributed by atoms with Crippen molar-refractivity contribution in [1.82, 2.24) is 24.3 Å². The van der Waals surface area contributed by atoms with Gasteiger partial charge in [-0.1, -0.05) is 24.8 Å².